The second-order valence-corrected chi connectivity index (χ2v) is 4.02. The van der Waals surface area contributed by atoms with E-state index < -0.39 is 17.8 Å². The zero-order valence-electron chi connectivity index (χ0n) is 10.2. The summed E-state index contributed by atoms with van der Waals surface area (Å²) in [5, 5.41) is 0. The number of aromatic nitrogens is 3. The van der Waals surface area contributed by atoms with Crippen molar-refractivity contribution in [1.82, 2.24) is 14.5 Å². The van der Waals surface area contributed by atoms with Gasteiger partial charge in [-0.3, -0.25) is 4.98 Å². The molecule has 0 aliphatic rings. The summed E-state index contributed by atoms with van der Waals surface area (Å²) in [6.07, 6.45) is -0.242. The second kappa shape index (κ2) is 5.00. The zero-order valence-corrected chi connectivity index (χ0v) is 10.2. The Kier molecular flexibility index (Phi) is 3.57. The van der Waals surface area contributed by atoms with Gasteiger partial charge in [-0.05, 0) is 19.1 Å². The number of rotatable bonds is 3. The van der Waals surface area contributed by atoms with Gasteiger partial charge in [0, 0.05) is 25.1 Å². The predicted octanol–water partition coefficient (Wildman–Crippen LogP) is 2.36. The molecule has 2 N–H and O–H groups in total. The molecule has 7 heteroatoms. The van der Waals surface area contributed by atoms with Gasteiger partial charge in [0.1, 0.15) is 11.9 Å². The van der Waals surface area contributed by atoms with Crippen LogP contribution in [0.4, 0.5) is 13.2 Å². The van der Waals surface area contributed by atoms with Crippen LogP contribution in [0.25, 0.3) is 0 Å². The number of pyridine rings is 1. The van der Waals surface area contributed by atoms with Crippen LogP contribution in [0.3, 0.4) is 0 Å². The van der Waals surface area contributed by atoms with Gasteiger partial charge in [-0.15, -0.1) is 0 Å². The SMILES string of the molecule is CCn1ccnc1C(N)c1ccc(C(F)(F)F)cn1. The van der Waals surface area contributed by atoms with Crippen LogP contribution in [-0.2, 0) is 12.7 Å². The van der Waals surface area contributed by atoms with E-state index in [0.29, 0.717) is 18.1 Å². The molecule has 0 spiro atoms. The summed E-state index contributed by atoms with van der Waals surface area (Å²) in [7, 11) is 0. The maximum absolute atomic E-state index is 12.4. The Hall–Kier alpha value is -1.89. The van der Waals surface area contributed by atoms with Gasteiger partial charge in [-0.2, -0.15) is 13.2 Å². The Bertz CT molecular complexity index is 545. The van der Waals surface area contributed by atoms with Crippen LogP contribution >= 0.6 is 0 Å². The van der Waals surface area contributed by atoms with Gasteiger partial charge in [-0.1, -0.05) is 0 Å². The molecule has 0 aliphatic heterocycles. The Balaban J connectivity index is 2.28. The summed E-state index contributed by atoms with van der Waals surface area (Å²) in [6, 6.07) is 1.61. The Morgan fingerprint density at radius 1 is 1.32 bits per heavy atom. The van der Waals surface area contributed by atoms with E-state index >= 15 is 0 Å². The number of alkyl halides is 3. The van der Waals surface area contributed by atoms with Crippen LogP contribution < -0.4 is 5.73 Å². The van der Waals surface area contributed by atoms with Crippen molar-refractivity contribution in [1.29, 1.82) is 0 Å². The first-order chi connectivity index (χ1) is 8.93. The first-order valence-corrected chi connectivity index (χ1v) is 5.73. The summed E-state index contributed by atoms with van der Waals surface area (Å²) in [5.74, 6) is 0.578. The minimum Gasteiger partial charge on any atom is -0.334 e. The maximum atomic E-state index is 12.4. The Labute approximate surface area is 108 Å². The molecule has 0 amide bonds. The molecule has 1 unspecified atom stereocenters. The monoisotopic (exact) mass is 270 g/mol. The smallest absolute Gasteiger partial charge is 0.334 e. The number of nitrogens with zero attached hydrogens (tertiary/aromatic N) is 3. The molecule has 4 nitrogen and oxygen atoms in total. The number of imidazole rings is 1. The van der Waals surface area contributed by atoms with E-state index in [4.69, 9.17) is 5.73 Å². The van der Waals surface area contributed by atoms with E-state index in [1.54, 1.807) is 12.4 Å². The Morgan fingerprint density at radius 3 is 2.58 bits per heavy atom. The Morgan fingerprint density at radius 2 is 2.05 bits per heavy atom. The fraction of sp³-hybridized carbons (Fsp3) is 0.333. The molecule has 0 bridgehead atoms. The third-order valence-corrected chi connectivity index (χ3v) is 2.80. The van der Waals surface area contributed by atoms with E-state index in [-0.39, 0.29) is 0 Å². The molecular formula is C12H13F3N4. The number of halogens is 3. The number of aryl methyl sites for hydroxylation is 1. The highest BCUT2D eigenvalue weighted by molar-refractivity contribution is 5.22. The molecule has 2 rings (SSSR count). The summed E-state index contributed by atoms with van der Waals surface area (Å²) in [5.41, 5.74) is 5.54. The van der Waals surface area contributed by atoms with Gasteiger partial charge in [0.25, 0.3) is 0 Å². The van der Waals surface area contributed by atoms with Crippen LogP contribution in [0.1, 0.15) is 30.0 Å². The normalized spacial score (nSPS) is 13.5. The van der Waals surface area contributed by atoms with Crippen molar-refractivity contribution in [3.8, 4) is 0 Å². The molecule has 2 heterocycles. The molecule has 0 saturated heterocycles. The van der Waals surface area contributed by atoms with E-state index in [1.165, 1.54) is 6.07 Å². The van der Waals surface area contributed by atoms with Crippen molar-refractivity contribution in [3.63, 3.8) is 0 Å². The molecular weight excluding hydrogens is 257 g/mol. The van der Waals surface area contributed by atoms with Crippen molar-refractivity contribution in [2.24, 2.45) is 5.73 Å². The number of hydrogen-bond donors (Lipinski definition) is 1. The average molecular weight is 270 g/mol. The fourth-order valence-electron chi connectivity index (χ4n) is 1.76. The third kappa shape index (κ3) is 2.76. The number of nitrogens with two attached hydrogens (primary N) is 1. The lowest BCUT2D eigenvalue weighted by Crippen LogP contribution is -2.19. The topological polar surface area (TPSA) is 56.7 Å². The van der Waals surface area contributed by atoms with Crippen LogP contribution in [0.5, 0.6) is 0 Å². The van der Waals surface area contributed by atoms with Crippen LogP contribution in [-0.4, -0.2) is 14.5 Å². The molecule has 2 aromatic heterocycles. The third-order valence-electron chi connectivity index (χ3n) is 2.80. The van der Waals surface area contributed by atoms with Gasteiger partial charge in [0.15, 0.2) is 0 Å². The molecule has 0 aliphatic carbocycles. The highest BCUT2D eigenvalue weighted by Gasteiger charge is 2.31. The quantitative estimate of drug-likeness (QED) is 0.931. The fourth-order valence-corrected chi connectivity index (χ4v) is 1.76. The molecule has 0 aromatic carbocycles. The number of hydrogen-bond acceptors (Lipinski definition) is 3. The van der Waals surface area contributed by atoms with E-state index in [1.807, 2.05) is 11.5 Å². The molecule has 19 heavy (non-hydrogen) atoms. The van der Waals surface area contributed by atoms with Crippen LogP contribution in [0, 0.1) is 0 Å². The van der Waals surface area contributed by atoms with Gasteiger partial charge in [0.2, 0.25) is 0 Å². The van der Waals surface area contributed by atoms with E-state index in [2.05, 4.69) is 9.97 Å². The summed E-state index contributed by atoms with van der Waals surface area (Å²) < 4.78 is 39.1. The molecule has 0 radical (unpaired) electrons. The van der Waals surface area contributed by atoms with Gasteiger partial charge >= 0.3 is 6.18 Å². The van der Waals surface area contributed by atoms with Crippen LogP contribution in [0.15, 0.2) is 30.7 Å². The highest BCUT2D eigenvalue weighted by atomic mass is 19.4. The lowest BCUT2D eigenvalue weighted by atomic mass is 10.1. The molecule has 102 valence electrons. The first-order valence-electron chi connectivity index (χ1n) is 5.73. The predicted molar refractivity (Wildman–Crippen MR) is 63.2 cm³/mol. The lowest BCUT2D eigenvalue weighted by Gasteiger charge is -2.13. The zero-order chi connectivity index (χ0) is 14.0. The van der Waals surface area contributed by atoms with E-state index in [0.717, 1.165) is 12.3 Å². The van der Waals surface area contributed by atoms with E-state index in [9.17, 15) is 13.2 Å². The summed E-state index contributed by atoms with van der Waals surface area (Å²) >= 11 is 0. The van der Waals surface area contributed by atoms with Crippen molar-refractivity contribution in [2.45, 2.75) is 25.7 Å². The summed E-state index contributed by atoms with van der Waals surface area (Å²) in [4.78, 5) is 7.89. The van der Waals surface area contributed by atoms with Crippen LogP contribution in [0.2, 0.25) is 0 Å². The standard InChI is InChI=1S/C12H13F3N4/c1-2-19-6-5-17-11(19)10(16)9-4-3-8(7-18-9)12(13,14)15/h3-7,10H,2,16H2,1H3. The molecule has 1 atom stereocenters. The largest absolute Gasteiger partial charge is 0.417 e. The molecule has 0 saturated carbocycles. The van der Waals surface area contributed by atoms with Crippen molar-refractivity contribution in [2.75, 3.05) is 0 Å². The van der Waals surface area contributed by atoms with Gasteiger partial charge < -0.3 is 10.3 Å². The first kappa shape index (κ1) is 13.5. The molecule has 0 fully saturated rings. The minimum atomic E-state index is -4.39. The average Bonchev–Trinajstić information content (AvgIpc) is 2.85. The molecule has 2 aromatic rings. The summed E-state index contributed by atoms with van der Waals surface area (Å²) in [6.45, 7) is 2.61. The highest BCUT2D eigenvalue weighted by Crippen LogP contribution is 2.29. The van der Waals surface area contributed by atoms with Crippen molar-refractivity contribution < 1.29 is 13.2 Å². The van der Waals surface area contributed by atoms with Crippen molar-refractivity contribution >= 4 is 0 Å². The lowest BCUT2D eigenvalue weighted by molar-refractivity contribution is -0.137. The van der Waals surface area contributed by atoms with Gasteiger partial charge in [-0.25, -0.2) is 4.98 Å². The minimum absolute atomic E-state index is 0.355. The maximum Gasteiger partial charge on any atom is 0.417 e. The van der Waals surface area contributed by atoms with Crippen molar-refractivity contribution in [3.05, 3.63) is 47.8 Å². The second-order valence-electron chi connectivity index (χ2n) is 4.02. The van der Waals surface area contributed by atoms with Gasteiger partial charge in [0.05, 0.1) is 11.3 Å².